The van der Waals surface area contributed by atoms with Crippen molar-refractivity contribution in [3.8, 4) is 0 Å². The van der Waals surface area contributed by atoms with E-state index in [2.05, 4.69) is 13.0 Å². The van der Waals surface area contributed by atoms with Crippen LogP contribution >= 0.6 is 0 Å². The largest absolute Gasteiger partial charge is 0.330 e. The Kier molecular flexibility index (Phi) is 1.69. The molecule has 2 N–H and O–H groups in total. The van der Waals surface area contributed by atoms with E-state index in [9.17, 15) is 0 Å². The summed E-state index contributed by atoms with van der Waals surface area (Å²) in [7, 11) is 0. The molecule has 1 aliphatic carbocycles. The molecule has 0 amide bonds. The van der Waals surface area contributed by atoms with Gasteiger partial charge in [0.25, 0.3) is 0 Å². The van der Waals surface area contributed by atoms with Crippen molar-refractivity contribution >= 4 is 0 Å². The van der Waals surface area contributed by atoms with Gasteiger partial charge in [-0.15, -0.1) is 0 Å². The standard InChI is InChI=1S/C7H13N/c1-2-6-5-7(6)3-4-8/h5,7H,2-4,8H2,1H3. The Morgan fingerprint density at radius 2 is 2.50 bits per heavy atom. The first kappa shape index (κ1) is 5.83. The lowest BCUT2D eigenvalue weighted by Gasteiger charge is -1.91. The van der Waals surface area contributed by atoms with Crippen LogP contribution in [-0.4, -0.2) is 6.54 Å². The summed E-state index contributed by atoms with van der Waals surface area (Å²) in [4.78, 5) is 0. The van der Waals surface area contributed by atoms with Gasteiger partial charge in [-0.2, -0.15) is 0 Å². The van der Waals surface area contributed by atoms with E-state index < -0.39 is 0 Å². The molecular formula is C7H13N. The van der Waals surface area contributed by atoms with Crippen molar-refractivity contribution in [2.45, 2.75) is 19.8 Å². The van der Waals surface area contributed by atoms with Gasteiger partial charge in [0, 0.05) is 0 Å². The van der Waals surface area contributed by atoms with Gasteiger partial charge in [0.05, 0.1) is 0 Å². The summed E-state index contributed by atoms with van der Waals surface area (Å²) >= 11 is 0. The maximum Gasteiger partial charge on any atom is -0.000830 e. The first-order valence-corrected chi connectivity index (χ1v) is 3.29. The minimum absolute atomic E-state index is 0.796. The average Bonchev–Trinajstić information content (AvgIpc) is 2.48. The van der Waals surface area contributed by atoms with E-state index in [0.717, 1.165) is 12.5 Å². The molecule has 0 heterocycles. The summed E-state index contributed by atoms with van der Waals surface area (Å²) in [5.74, 6) is 0.796. The van der Waals surface area contributed by atoms with Crippen molar-refractivity contribution in [3.63, 3.8) is 0 Å². The fourth-order valence-electron chi connectivity index (χ4n) is 1.04. The lowest BCUT2D eigenvalue weighted by Crippen LogP contribution is -2.00. The second-order valence-corrected chi connectivity index (χ2v) is 2.28. The molecule has 0 aromatic carbocycles. The molecule has 0 aliphatic heterocycles. The third kappa shape index (κ3) is 1.10. The minimum atomic E-state index is 0.796. The second-order valence-electron chi connectivity index (χ2n) is 2.28. The quantitative estimate of drug-likeness (QED) is 0.546. The number of hydrogen-bond acceptors (Lipinski definition) is 1. The Balaban J connectivity index is 2.04. The Morgan fingerprint density at radius 3 is 2.88 bits per heavy atom. The number of rotatable bonds is 3. The van der Waals surface area contributed by atoms with Crippen molar-refractivity contribution in [1.82, 2.24) is 0 Å². The highest BCUT2D eigenvalue weighted by molar-refractivity contribution is 5.28. The van der Waals surface area contributed by atoms with E-state index in [1.54, 1.807) is 5.57 Å². The van der Waals surface area contributed by atoms with Crippen molar-refractivity contribution in [2.75, 3.05) is 6.54 Å². The highest BCUT2D eigenvalue weighted by Crippen LogP contribution is 2.33. The van der Waals surface area contributed by atoms with Crippen molar-refractivity contribution < 1.29 is 0 Å². The van der Waals surface area contributed by atoms with Crippen LogP contribution in [0.1, 0.15) is 19.8 Å². The molecule has 1 heteroatoms. The first-order valence-electron chi connectivity index (χ1n) is 3.29. The Bertz CT molecular complexity index is 105. The molecule has 0 aromatic rings. The van der Waals surface area contributed by atoms with Gasteiger partial charge in [-0.1, -0.05) is 18.6 Å². The number of allylic oxidation sites excluding steroid dienone is 2. The molecule has 0 fully saturated rings. The first-order chi connectivity index (χ1) is 3.88. The molecule has 0 radical (unpaired) electrons. The number of nitrogens with two attached hydrogens (primary N) is 1. The zero-order chi connectivity index (χ0) is 5.98. The van der Waals surface area contributed by atoms with Crippen LogP contribution in [0.15, 0.2) is 11.6 Å². The molecule has 8 heavy (non-hydrogen) atoms. The summed E-state index contributed by atoms with van der Waals surface area (Å²) in [6.45, 7) is 3.03. The molecule has 0 bridgehead atoms. The maximum absolute atomic E-state index is 5.35. The van der Waals surface area contributed by atoms with Gasteiger partial charge in [0.1, 0.15) is 0 Å². The Morgan fingerprint density at radius 1 is 1.75 bits per heavy atom. The molecule has 46 valence electrons. The highest BCUT2D eigenvalue weighted by atomic mass is 14.5. The number of hydrogen-bond donors (Lipinski definition) is 1. The van der Waals surface area contributed by atoms with Crippen LogP contribution in [-0.2, 0) is 0 Å². The summed E-state index contributed by atoms with van der Waals surface area (Å²) in [5, 5.41) is 0. The summed E-state index contributed by atoms with van der Waals surface area (Å²) < 4.78 is 0. The van der Waals surface area contributed by atoms with Gasteiger partial charge in [-0.3, -0.25) is 0 Å². The van der Waals surface area contributed by atoms with Gasteiger partial charge in [0.2, 0.25) is 0 Å². The van der Waals surface area contributed by atoms with Crippen molar-refractivity contribution in [2.24, 2.45) is 11.7 Å². The van der Waals surface area contributed by atoms with Crippen molar-refractivity contribution in [3.05, 3.63) is 11.6 Å². The Labute approximate surface area is 50.6 Å². The van der Waals surface area contributed by atoms with Gasteiger partial charge in [-0.25, -0.2) is 0 Å². The monoisotopic (exact) mass is 111 g/mol. The van der Waals surface area contributed by atoms with E-state index in [1.807, 2.05) is 0 Å². The smallest absolute Gasteiger partial charge is 0.000830 e. The fraction of sp³-hybridized carbons (Fsp3) is 0.714. The van der Waals surface area contributed by atoms with E-state index in [1.165, 1.54) is 12.8 Å². The minimum Gasteiger partial charge on any atom is -0.330 e. The maximum atomic E-state index is 5.35. The highest BCUT2D eigenvalue weighted by Gasteiger charge is 2.20. The third-order valence-electron chi connectivity index (χ3n) is 1.67. The molecule has 0 spiro atoms. The zero-order valence-corrected chi connectivity index (χ0v) is 5.35. The SMILES string of the molecule is CCC1=CC1CCN. The van der Waals surface area contributed by atoms with Crippen LogP contribution < -0.4 is 5.73 Å². The molecule has 1 aliphatic rings. The second kappa shape index (κ2) is 2.31. The lowest BCUT2D eigenvalue weighted by molar-refractivity contribution is 0.754. The normalized spacial score (nSPS) is 25.2. The zero-order valence-electron chi connectivity index (χ0n) is 5.35. The van der Waals surface area contributed by atoms with Crippen LogP contribution in [0.4, 0.5) is 0 Å². The molecule has 1 rings (SSSR count). The fourth-order valence-corrected chi connectivity index (χ4v) is 1.04. The summed E-state index contributed by atoms with van der Waals surface area (Å²) in [6, 6.07) is 0. The van der Waals surface area contributed by atoms with Crippen LogP contribution in [0.2, 0.25) is 0 Å². The molecule has 1 nitrogen and oxygen atoms in total. The topological polar surface area (TPSA) is 26.0 Å². The van der Waals surface area contributed by atoms with E-state index in [0.29, 0.717) is 0 Å². The predicted molar refractivity (Wildman–Crippen MR) is 35.5 cm³/mol. The van der Waals surface area contributed by atoms with Crippen LogP contribution in [0.5, 0.6) is 0 Å². The lowest BCUT2D eigenvalue weighted by atomic mass is 10.2. The molecule has 0 aromatic heterocycles. The van der Waals surface area contributed by atoms with E-state index in [-0.39, 0.29) is 0 Å². The van der Waals surface area contributed by atoms with Gasteiger partial charge in [-0.05, 0) is 25.3 Å². The molecule has 0 saturated carbocycles. The average molecular weight is 111 g/mol. The molecular weight excluding hydrogens is 98.1 g/mol. The van der Waals surface area contributed by atoms with E-state index >= 15 is 0 Å². The predicted octanol–water partition coefficient (Wildman–Crippen LogP) is 1.30. The molecule has 1 atom stereocenters. The Hall–Kier alpha value is -0.300. The third-order valence-corrected chi connectivity index (χ3v) is 1.67. The van der Waals surface area contributed by atoms with Gasteiger partial charge >= 0.3 is 0 Å². The van der Waals surface area contributed by atoms with Crippen LogP contribution in [0, 0.1) is 5.92 Å². The van der Waals surface area contributed by atoms with Gasteiger partial charge in [0.15, 0.2) is 0 Å². The van der Waals surface area contributed by atoms with E-state index in [4.69, 9.17) is 5.73 Å². The summed E-state index contributed by atoms with van der Waals surface area (Å²) in [6.07, 6.45) is 4.71. The van der Waals surface area contributed by atoms with Crippen molar-refractivity contribution in [1.29, 1.82) is 0 Å². The molecule has 0 saturated heterocycles. The van der Waals surface area contributed by atoms with Crippen LogP contribution in [0.25, 0.3) is 0 Å². The van der Waals surface area contributed by atoms with Gasteiger partial charge < -0.3 is 5.73 Å². The van der Waals surface area contributed by atoms with Crippen LogP contribution in [0.3, 0.4) is 0 Å². The molecule has 1 unspecified atom stereocenters. The summed E-state index contributed by atoms with van der Waals surface area (Å²) in [5.41, 5.74) is 6.96.